The minimum Gasteiger partial charge on any atom is -0.337 e. The second-order valence-corrected chi connectivity index (χ2v) is 2.40. The Morgan fingerprint density at radius 3 is 2.75 bits per heavy atom. The molecule has 2 aromatic heterocycles. The number of aromatic nitrogens is 1. The lowest BCUT2D eigenvalue weighted by atomic mass is 10.2. The minimum absolute atomic E-state index is 1.18. The van der Waals surface area contributed by atoms with E-state index in [1.54, 1.807) is 0 Å². The summed E-state index contributed by atoms with van der Waals surface area (Å²) in [5, 5.41) is 0. The van der Waals surface area contributed by atoms with Crippen molar-refractivity contribution >= 4 is 11.0 Å². The predicted octanol–water partition coefficient (Wildman–Crippen LogP) is 1.44. The van der Waals surface area contributed by atoms with E-state index in [9.17, 15) is 0 Å². The number of rotatable bonds is 0. The highest BCUT2D eigenvalue weighted by atomic mass is 15.0. The van der Waals surface area contributed by atoms with Crippen LogP contribution in [-0.2, 0) is 6.54 Å². The van der Waals surface area contributed by atoms with Gasteiger partial charge in [-0.05, 0) is 23.8 Å². The topological polar surface area (TPSA) is 4.93 Å². The highest BCUT2D eigenvalue weighted by molar-refractivity contribution is 5.78. The molecule has 0 atom stereocenters. The molecule has 4 heterocycles. The van der Waals surface area contributed by atoms with Crippen molar-refractivity contribution in [3.63, 3.8) is 0 Å². The Hall–Kier alpha value is -0.980. The van der Waals surface area contributed by atoms with E-state index in [1.807, 2.05) is 0 Å². The van der Waals surface area contributed by atoms with Gasteiger partial charge in [-0.25, -0.2) is 0 Å². The van der Waals surface area contributed by atoms with Crippen LogP contribution in [0.1, 0.15) is 5.56 Å². The molecule has 0 aromatic carbocycles. The molecular weight excluding hydrogens is 98.1 g/mol. The van der Waals surface area contributed by atoms with Crippen molar-refractivity contribution in [2.75, 3.05) is 0 Å². The fraction of sp³-hybridized carbons (Fsp3) is 0.143. The zero-order chi connectivity index (χ0) is 5.14. The molecule has 38 valence electrons. The first-order chi connectivity index (χ1) is 3.95. The second kappa shape index (κ2) is 0.672. The average molecular weight is 103 g/mol. The van der Waals surface area contributed by atoms with Gasteiger partial charge in [0.25, 0.3) is 0 Å². The zero-order valence-electron chi connectivity index (χ0n) is 4.39. The molecule has 4 bridgehead atoms. The van der Waals surface area contributed by atoms with Crippen LogP contribution in [0.25, 0.3) is 11.0 Å². The predicted molar refractivity (Wildman–Crippen MR) is 32.2 cm³/mol. The normalized spacial score (nSPS) is 15.0. The molecule has 2 aliphatic heterocycles. The Morgan fingerprint density at radius 2 is 2.38 bits per heavy atom. The molecular formula is C7H5N. The van der Waals surface area contributed by atoms with Crippen molar-refractivity contribution < 1.29 is 0 Å². The van der Waals surface area contributed by atoms with Crippen molar-refractivity contribution in [2.45, 2.75) is 6.54 Å². The van der Waals surface area contributed by atoms with Crippen LogP contribution < -0.4 is 0 Å². The van der Waals surface area contributed by atoms with Crippen molar-refractivity contribution in [3.05, 3.63) is 23.8 Å². The Balaban J connectivity index is 2.91. The third-order valence-electron chi connectivity index (χ3n) is 1.99. The van der Waals surface area contributed by atoms with E-state index in [0.717, 1.165) is 0 Å². The summed E-state index contributed by atoms with van der Waals surface area (Å²) in [5.74, 6) is 0. The summed E-state index contributed by atoms with van der Waals surface area (Å²) in [6.45, 7) is 1.18. The van der Waals surface area contributed by atoms with Gasteiger partial charge < -0.3 is 4.57 Å². The Bertz CT molecular complexity index is 318. The van der Waals surface area contributed by atoms with Crippen LogP contribution in [0, 0.1) is 0 Å². The smallest absolute Gasteiger partial charge is 0.0503 e. The summed E-state index contributed by atoms with van der Waals surface area (Å²) >= 11 is 0. The molecule has 0 saturated carbocycles. The summed E-state index contributed by atoms with van der Waals surface area (Å²) in [7, 11) is 0. The molecule has 0 saturated heterocycles. The molecule has 0 amide bonds. The maximum Gasteiger partial charge on any atom is 0.0503 e. The van der Waals surface area contributed by atoms with Gasteiger partial charge in [0, 0.05) is 11.0 Å². The Morgan fingerprint density at radius 1 is 1.38 bits per heavy atom. The molecule has 0 unspecified atom stereocenters. The first-order valence-corrected chi connectivity index (χ1v) is 2.86. The molecule has 0 spiro atoms. The molecule has 2 aliphatic rings. The minimum atomic E-state index is 1.18. The molecule has 0 aliphatic carbocycles. The lowest BCUT2D eigenvalue weighted by Gasteiger charge is -2.09. The molecule has 4 rings (SSSR count). The molecule has 0 radical (unpaired) electrons. The van der Waals surface area contributed by atoms with E-state index in [4.69, 9.17) is 0 Å². The monoisotopic (exact) mass is 103 g/mol. The van der Waals surface area contributed by atoms with Gasteiger partial charge in [0.05, 0.1) is 6.54 Å². The summed E-state index contributed by atoms with van der Waals surface area (Å²) in [5.41, 5.74) is 4.37. The van der Waals surface area contributed by atoms with Crippen molar-refractivity contribution in [1.82, 2.24) is 4.57 Å². The van der Waals surface area contributed by atoms with Gasteiger partial charge >= 0.3 is 0 Å². The summed E-state index contributed by atoms with van der Waals surface area (Å²) in [6.07, 6.45) is 0. The van der Waals surface area contributed by atoms with E-state index in [2.05, 4.69) is 22.8 Å². The van der Waals surface area contributed by atoms with Gasteiger partial charge in [-0.1, -0.05) is 0 Å². The van der Waals surface area contributed by atoms with Crippen LogP contribution in [0.5, 0.6) is 0 Å². The van der Waals surface area contributed by atoms with Gasteiger partial charge in [0.15, 0.2) is 0 Å². The van der Waals surface area contributed by atoms with E-state index < -0.39 is 0 Å². The van der Waals surface area contributed by atoms with Crippen LogP contribution in [-0.4, -0.2) is 4.57 Å². The number of hydrogen-bond acceptors (Lipinski definition) is 0. The van der Waals surface area contributed by atoms with Crippen LogP contribution in [0.3, 0.4) is 0 Å². The fourth-order valence-corrected chi connectivity index (χ4v) is 1.52. The van der Waals surface area contributed by atoms with Crippen LogP contribution in [0.2, 0.25) is 0 Å². The van der Waals surface area contributed by atoms with E-state index >= 15 is 0 Å². The quantitative estimate of drug-likeness (QED) is 0.405. The van der Waals surface area contributed by atoms with Crippen LogP contribution in [0.4, 0.5) is 0 Å². The first-order valence-electron chi connectivity index (χ1n) is 2.86. The number of nitrogens with zero attached hydrogens (tertiary/aromatic N) is 1. The maximum atomic E-state index is 2.33. The first kappa shape index (κ1) is 3.13. The van der Waals surface area contributed by atoms with E-state index in [0.29, 0.717) is 0 Å². The molecule has 1 nitrogen and oxygen atoms in total. The second-order valence-electron chi connectivity index (χ2n) is 2.40. The SMILES string of the molecule is c1cc2c3cc1n2C3. The van der Waals surface area contributed by atoms with Gasteiger partial charge in [0.2, 0.25) is 0 Å². The van der Waals surface area contributed by atoms with Gasteiger partial charge in [-0.15, -0.1) is 0 Å². The molecule has 8 heavy (non-hydrogen) atoms. The lowest BCUT2D eigenvalue weighted by molar-refractivity contribution is 0.835. The number of benzene rings is 1. The number of hydrogen-bond donors (Lipinski definition) is 0. The Kier molecular flexibility index (Phi) is 0.263. The third kappa shape index (κ3) is 0.141. The Labute approximate surface area is 46.9 Å². The van der Waals surface area contributed by atoms with Gasteiger partial charge in [-0.3, -0.25) is 0 Å². The maximum absolute atomic E-state index is 2.33. The standard InChI is InChI=1S/C7H5N/c1-2-7-5-3-6(1)8(7)4-5/h1-3H,4H2. The van der Waals surface area contributed by atoms with Crippen molar-refractivity contribution in [1.29, 1.82) is 0 Å². The highest BCUT2D eigenvalue weighted by Gasteiger charge is 2.19. The zero-order valence-corrected chi connectivity index (χ0v) is 4.39. The molecule has 0 fully saturated rings. The molecule has 0 N–H and O–H groups in total. The summed E-state index contributed by atoms with van der Waals surface area (Å²) in [6, 6.07) is 6.62. The van der Waals surface area contributed by atoms with Crippen LogP contribution in [0.15, 0.2) is 18.2 Å². The summed E-state index contributed by atoms with van der Waals surface area (Å²) in [4.78, 5) is 0. The lowest BCUT2D eigenvalue weighted by Crippen LogP contribution is -2.02. The van der Waals surface area contributed by atoms with Gasteiger partial charge in [0.1, 0.15) is 0 Å². The summed E-state index contributed by atoms with van der Waals surface area (Å²) < 4.78 is 2.33. The van der Waals surface area contributed by atoms with Crippen LogP contribution >= 0.6 is 0 Å². The van der Waals surface area contributed by atoms with E-state index in [-0.39, 0.29) is 0 Å². The van der Waals surface area contributed by atoms with E-state index in [1.165, 1.54) is 23.1 Å². The molecule has 1 heteroatoms. The highest BCUT2D eigenvalue weighted by Crippen LogP contribution is 2.32. The largest absolute Gasteiger partial charge is 0.337 e. The van der Waals surface area contributed by atoms with Gasteiger partial charge in [-0.2, -0.15) is 0 Å². The third-order valence-corrected chi connectivity index (χ3v) is 1.99. The molecule has 2 aromatic rings. The van der Waals surface area contributed by atoms with Crippen molar-refractivity contribution in [3.8, 4) is 0 Å². The van der Waals surface area contributed by atoms with Crippen molar-refractivity contribution in [2.24, 2.45) is 0 Å². The fourth-order valence-electron chi connectivity index (χ4n) is 1.52. The average Bonchev–Trinajstić information content (AvgIpc) is 2.25.